The zero-order valence-corrected chi connectivity index (χ0v) is 14.1. The maximum atomic E-state index is 5.76. The van der Waals surface area contributed by atoms with Crippen molar-refractivity contribution in [1.82, 2.24) is 15.0 Å². The molecule has 24 heavy (non-hydrogen) atoms. The van der Waals surface area contributed by atoms with E-state index >= 15 is 0 Å². The molecule has 1 aromatic carbocycles. The second-order valence-electron chi connectivity index (χ2n) is 6.25. The van der Waals surface area contributed by atoms with Gasteiger partial charge in [-0.1, -0.05) is 44.2 Å². The lowest BCUT2D eigenvalue weighted by Gasteiger charge is -2.19. The smallest absolute Gasteiger partial charge is 0.132 e. The van der Waals surface area contributed by atoms with Crippen LogP contribution in [0.25, 0.3) is 0 Å². The van der Waals surface area contributed by atoms with E-state index in [0.717, 1.165) is 11.5 Å². The Morgan fingerprint density at radius 3 is 2.46 bits per heavy atom. The molecule has 0 amide bonds. The topological polar surface area (TPSA) is 50.8 Å². The first-order chi connectivity index (χ1) is 11.7. The van der Waals surface area contributed by atoms with E-state index in [1.54, 1.807) is 0 Å². The van der Waals surface area contributed by atoms with Crippen LogP contribution in [0.15, 0.2) is 61.1 Å². The summed E-state index contributed by atoms with van der Waals surface area (Å²) in [6, 6.07) is 14.3. The van der Waals surface area contributed by atoms with E-state index in [2.05, 4.69) is 48.1 Å². The second-order valence-corrected chi connectivity index (χ2v) is 6.25. The molecule has 0 fully saturated rings. The molecule has 0 radical (unpaired) electrons. The van der Waals surface area contributed by atoms with Gasteiger partial charge in [-0.15, -0.1) is 0 Å². The average Bonchev–Trinajstić information content (AvgIpc) is 3.05. The highest BCUT2D eigenvalue weighted by atomic mass is 16.5. The van der Waals surface area contributed by atoms with Crippen molar-refractivity contribution >= 4 is 0 Å². The summed E-state index contributed by atoms with van der Waals surface area (Å²) in [6.07, 6.45) is 5.66. The highest BCUT2D eigenvalue weighted by Crippen LogP contribution is 2.30. The second kappa shape index (κ2) is 7.88. The minimum absolute atomic E-state index is 0.257. The fraction of sp³-hybridized carbons (Fsp3) is 0.300. The Bertz CT molecular complexity index is 738. The number of nitrogens with one attached hydrogen (secondary N) is 1. The van der Waals surface area contributed by atoms with Crippen molar-refractivity contribution in [1.29, 1.82) is 0 Å². The molecular weight excluding hydrogens is 298 g/mol. The zero-order chi connectivity index (χ0) is 16.8. The maximum absolute atomic E-state index is 5.76. The molecule has 2 aromatic heterocycles. The van der Waals surface area contributed by atoms with Gasteiger partial charge in [-0.05, 0) is 29.2 Å². The first-order valence-corrected chi connectivity index (χ1v) is 8.30. The molecule has 0 saturated carbocycles. The molecule has 0 bridgehead atoms. The third-order valence-electron chi connectivity index (χ3n) is 4.05. The first-order valence-electron chi connectivity index (χ1n) is 8.30. The summed E-state index contributed by atoms with van der Waals surface area (Å²) in [5.41, 5.74) is 3.46. The van der Waals surface area contributed by atoms with Crippen molar-refractivity contribution in [3.63, 3.8) is 0 Å². The summed E-state index contributed by atoms with van der Waals surface area (Å²) in [6.45, 7) is 5.50. The third-order valence-corrected chi connectivity index (χ3v) is 4.05. The van der Waals surface area contributed by atoms with Gasteiger partial charge in [0.1, 0.15) is 12.4 Å². The summed E-state index contributed by atoms with van der Waals surface area (Å²) in [7, 11) is 0. The van der Waals surface area contributed by atoms with Crippen LogP contribution in [-0.4, -0.2) is 15.0 Å². The van der Waals surface area contributed by atoms with Gasteiger partial charge in [0.15, 0.2) is 0 Å². The highest BCUT2D eigenvalue weighted by molar-refractivity contribution is 5.26. The van der Waals surface area contributed by atoms with Gasteiger partial charge in [-0.2, -0.15) is 0 Å². The standard InChI is InChI=1S/C20H23N3O/c1-15(2)20(17-8-10-21-11-9-17)18-12-22-19(23-18)14-24-13-16-6-4-3-5-7-16/h3-12,15,20H,13-14H2,1-2H3,(H,22,23). The van der Waals surface area contributed by atoms with E-state index in [-0.39, 0.29) is 5.92 Å². The number of hydrogen-bond donors (Lipinski definition) is 1. The van der Waals surface area contributed by atoms with Crippen molar-refractivity contribution < 1.29 is 4.74 Å². The summed E-state index contributed by atoms with van der Waals surface area (Å²) in [5, 5.41) is 0. The molecule has 3 aromatic rings. The number of benzene rings is 1. The molecule has 1 unspecified atom stereocenters. The molecule has 3 rings (SSSR count). The summed E-state index contributed by atoms with van der Waals surface area (Å²) < 4.78 is 5.76. The Morgan fingerprint density at radius 1 is 1.00 bits per heavy atom. The molecule has 0 aliphatic carbocycles. The Labute approximate surface area is 142 Å². The van der Waals surface area contributed by atoms with Crippen molar-refractivity contribution in [3.05, 3.63) is 83.7 Å². The van der Waals surface area contributed by atoms with Crippen LogP contribution in [0.4, 0.5) is 0 Å². The third kappa shape index (κ3) is 4.09. The summed E-state index contributed by atoms with van der Waals surface area (Å²) >= 11 is 0. The van der Waals surface area contributed by atoms with Crippen molar-refractivity contribution in [2.45, 2.75) is 33.0 Å². The first kappa shape index (κ1) is 16.4. The fourth-order valence-electron chi connectivity index (χ4n) is 2.92. The lowest BCUT2D eigenvalue weighted by molar-refractivity contribution is 0.102. The van der Waals surface area contributed by atoms with E-state index in [4.69, 9.17) is 9.72 Å². The van der Waals surface area contributed by atoms with Crippen LogP contribution in [0, 0.1) is 5.92 Å². The number of rotatable bonds is 7. The Balaban J connectivity index is 1.65. The minimum atomic E-state index is 0.257. The molecular formula is C20H23N3O. The zero-order valence-electron chi connectivity index (χ0n) is 14.1. The molecule has 1 N–H and O–H groups in total. The molecule has 1 atom stereocenters. The SMILES string of the molecule is CC(C)C(c1ccncc1)c1c[nH]c(COCc2ccccc2)n1. The lowest BCUT2D eigenvalue weighted by atomic mass is 9.87. The molecule has 0 saturated heterocycles. The van der Waals surface area contributed by atoms with E-state index in [1.807, 2.05) is 36.8 Å². The van der Waals surface area contributed by atoms with Crippen molar-refractivity contribution in [2.24, 2.45) is 5.92 Å². The van der Waals surface area contributed by atoms with Gasteiger partial charge >= 0.3 is 0 Å². The largest absolute Gasteiger partial charge is 0.369 e. The van der Waals surface area contributed by atoms with Gasteiger partial charge in [0.05, 0.1) is 12.3 Å². The Kier molecular flexibility index (Phi) is 5.39. The number of H-pyrrole nitrogens is 1. The number of nitrogens with zero attached hydrogens (tertiary/aromatic N) is 2. The van der Waals surface area contributed by atoms with E-state index < -0.39 is 0 Å². The molecule has 0 spiro atoms. The van der Waals surface area contributed by atoms with E-state index in [9.17, 15) is 0 Å². The number of pyridine rings is 1. The highest BCUT2D eigenvalue weighted by Gasteiger charge is 2.20. The van der Waals surface area contributed by atoms with Gasteiger partial charge in [0.25, 0.3) is 0 Å². The van der Waals surface area contributed by atoms with Crippen LogP contribution in [0.2, 0.25) is 0 Å². The maximum Gasteiger partial charge on any atom is 0.132 e. The van der Waals surface area contributed by atoms with Gasteiger partial charge in [0, 0.05) is 24.5 Å². The molecule has 2 heterocycles. The van der Waals surface area contributed by atoms with Crippen molar-refractivity contribution in [2.75, 3.05) is 0 Å². The van der Waals surface area contributed by atoms with E-state index in [1.165, 1.54) is 11.1 Å². The van der Waals surface area contributed by atoms with Gasteiger partial charge < -0.3 is 9.72 Å². The van der Waals surface area contributed by atoms with Crippen LogP contribution in [0.1, 0.15) is 42.4 Å². The molecule has 0 aliphatic heterocycles. The fourth-order valence-corrected chi connectivity index (χ4v) is 2.92. The minimum Gasteiger partial charge on any atom is -0.369 e. The van der Waals surface area contributed by atoms with Crippen LogP contribution < -0.4 is 0 Å². The Hall–Kier alpha value is -2.46. The number of aromatic amines is 1. The normalized spacial score (nSPS) is 12.5. The molecule has 0 aliphatic rings. The molecule has 124 valence electrons. The predicted molar refractivity (Wildman–Crippen MR) is 94.4 cm³/mol. The predicted octanol–water partition coefficient (Wildman–Crippen LogP) is 4.31. The van der Waals surface area contributed by atoms with Gasteiger partial charge in [0.2, 0.25) is 0 Å². The van der Waals surface area contributed by atoms with Crippen LogP contribution >= 0.6 is 0 Å². The number of aromatic nitrogens is 3. The summed E-state index contributed by atoms with van der Waals surface area (Å²) in [4.78, 5) is 12.1. The van der Waals surface area contributed by atoms with Crippen molar-refractivity contribution in [3.8, 4) is 0 Å². The number of ether oxygens (including phenoxy) is 1. The van der Waals surface area contributed by atoms with Gasteiger partial charge in [-0.3, -0.25) is 4.98 Å². The number of imidazole rings is 1. The Morgan fingerprint density at radius 2 is 1.75 bits per heavy atom. The molecule has 4 nitrogen and oxygen atoms in total. The van der Waals surface area contributed by atoms with Gasteiger partial charge in [-0.25, -0.2) is 4.98 Å². The average molecular weight is 321 g/mol. The summed E-state index contributed by atoms with van der Waals surface area (Å²) in [5.74, 6) is 1.57. The molecule has 4 heteroatoms. The lowest BCUT2D eigenvalue weighted by Crippen LogP contribution is -2.09. The van der Waals surface area contributed by atoms with E-state index in [0.29, 0.717) is 19.1 Å². The van der Waals surface area contributed by atoms with Crippen LogP contribution in [0.5, 0.6) is 0 Å². The quantitative estimate of drug-likeness (QED) is 0.705. The van der Waals surface area contributed by atoms with Crippen LogP contribution in [-0.2, 0) is 18.0 Å². The number of hydrogen-bond acceptors (Lipinski definition) is 3. The monoisotopic (exact) mass is 321 g/mol. The van der Waals surface area contributed by atoms with Crippen LogP contribution in [0.3, 0.4) is 0 Å².